The van der Waals surface area contributed by atoms with Crippen molar-refractivity contribution in [3.63, 3.8) is 0 Å². The number of rotatable bonds is 3. The topological polar surface area (TPSA) is 64.7 Å². The summed E-state index contributed by atoms with van der Waals surface area (Å²) < 4.78 is 19.2. The maximum Gasteiger partial charge on any atom is 0.295 e. The summed E-state index contributed by atoms with van der Waals surface area (Å²) in [7, 11) is 0. The maximum atomic E-state index is 14.1. The van der Waals surface area contributed by atoms with Crippen LogP contribution in [0.2, 0.25) is 10.3 Å². The number of hydrogen-bond acceptors (Lipinski definition) is 5. The molecule has 0 saturated heterocycles. The van der Waals surface area contributed by atoms with Crippen LogP contribution in [0.25, 0.3) is 11.7 Å². The molecule has 8 heteroatoms. The SMILES string of the molecule is CC(C)(c1noc(-c2nc(Cl)cc(Cl)n2)n1)c1ccccc1F. The number of halogens is 3. The molecule has 0 aliphatic rings. The predicted octanol–water partition coefficient (Wildman–Crippen LogP) is 4.30. The van der Waals surface area contributed by atoms with E-state index in [-0.39, 0.29) is 27.8 Å². The lowest BCUT2D eigenvalue weighted by atomic mass is 9.83. The van der Waals surface area contributed by atoms with Crippen LogP contribution < -0.4 is 0 Å². The Hall–Kier alpha value is -2.05. The highest BCUT2D eigenvalue weighted by molar-refractivity contribution is 6.33. The van der Waals surface area contributed by atoms with Crippen LogP contribution in [0.3, 0.4) is 0 Å². The van der Waals surface area contributed by atoms with E-state index in [1.165, 1.54) is 12.1 Å². The van der Waals surface area contributed by atoms with Crippen molar-refractivity contribution >= 4 is 23.2 Å². The summed E-state index contributed by atoms with van der Waals surface area (Å²) in [4.78, 5) is 12.2. The Morgan fingerprint density at radius 2 is 1.70 bits per heavy atom. The molecule has 0 saturated carbocycles. The van der Waals surface area contributed by atoms with E-state index in [4.69, 9.17) is 27.7 Å². The summed E-state index contributed by atoms with van der Waals surface area (Å²) >= 11 is 11.7. The molecule has 0 radical (unpaired) electrons. The average Bonchev–Trinajstić information content (AvgIpc) is 2.97. The fourth-order valence-electron chi connectivity index (χ4n) is 2.14. The molecule has 118 valence electrons. The van der Waals surface area contributed by atoms with E-state index in [2.05, 4.69) is 20.1 Å². The summed E-state index contributed by atoms with van der Waals surface area (Å²) in [6.07, 6.45) is 0. The lowest BCUT2D eigenvalue weighted by Gasteiger charge is -2.21. The first-order chi connectivity index (χ1) is 10.9. The van der Waals surface area contributed by atoms with E-state index in [0.29, 0.717) is 11.4 Å². The van der Waals surface area contributed by atoms with Crippen LogP contribution in [0.4, 0.5) is 4.39 Å². The molecule has 0 spiro atoms. The highest BCUT2D eigenvalue weighted by Gasteiger charge is 2.32. The number of aromatic nitrogens is 4. The van der Waals surface area contributed by atoms with Crippen molar-refractivity contribution in [2.24, 2.45) is 0 Å². The minimum absolute atomic E-state index is 0.0637. The van der Waals surface area contributed by atoms with Gasteiger partial charge in [-0.3, -0.25) is 0 Å². The molecule has 3 aromatic rings. The smallest absolute Gasteiger partial charge is 0.295 e. The summed E-state index contributed by atoms with van der Waals surface area (Å²) in [5.41, 5.74) is -0.340. The highest BCUT2D eigenvalue weighted by Crippen LogP contribution is 2.32. The third kappa shape index (κ3) is 3.04. The summed E-state index contributed by atoms with van der Waals surface area (Å²) in [6.45, 7) is 3.59. The van der Waals surface area contributed by atoms with E-state index in [9.17, 15) is 4.39 Å². The Labute approximate surface area is 141 Å². The van der Waals surface area contributed by atoms with Crippen LogP contribution >= 0.6 is 23.2 Å². The van der Waals surface area contributed by atoms with Gasteiger partial charge in [-0.05, 0) is 19.9 Å². The predicted molar refractivity (Wildman–Crippen MR) is 83.9 cm³/mol. The Balaban J connectivity index is 2.03. The maximum absolute atomic E-state index is 14.1. The van der Waals surface area contributed by atoms with Crippen molar-refractivity contribution in [1.82, 2.24) is 20.1 Å². The van der Waals surface area contributed by atoms with Gasteiger partial charge < -0.3 is 4.52 Å². The summed E-state index contributed by atoms with van der Waals surface area (Å²) in [5, 5.41) is 4.24. The van der Waals surface area contributed by atoms with Gasteiger partial charge in [0.25, 0.3) is 5.89 Å². The fourth-order valence-corrected chi connectivity index (χ4v) is 2.57. The second-order valence-corrected chi connectivity index (χ2v) is 6.14. The zero-order chi connectivity index (χ0) is 16.6. The van der Waals surface area contributed by atoms with Gasteiger partial charge in [0, 0.05) is 11.6 Å². The lowest BCUT2D eigenvalue weighted by Crippen LogP contribution is -2.22. The molecule has 0 N–H and O–H groups in total. The van der Waals surface area contributed by atoms with Gasteiger partial charge in [-0.1, -0.05) is 46.6 Å². The molecule has 0 amide bonds. The van der Waals surface area contributed by atoms with Crippen LogP contribution in [0.5, 0.6) is 0 Å². The molecule has 2 heterocycles. The van der Waals surface area contributed by atoms with Gasteiger partial charge in [0.1, 0.15) is 16.1 Å². The fraction of sp³-hybridized carbons (Fsp3) is 0.200. The Kier molecular flexibility index (Phi) is 4.04. The molecule has 0 fully saturated rings. The van der Waals surface area contributed by atoms with Crippen molar-refractivity contribution in [2.45, 2.75) is 19.3 Å². The van der Waals surface area contributed by atoms with E-state index < -0.39 is 5.41 Å². The standard InChI is InChI=1S/C15H11Cl2FN4O/c1-15(2,8-5-3-4-6-9(8)18)14-21-13(23-22-14)12-19-10(16)7-11(17)20-12/h3-7H,1-2H3. The van der Waals surface area contributed by atoms with Crippen LogP contribution in [0.1, 0.15) is 25.2 Å². The third-order valence-electron chi connectivity index (χ3n) is 3.39. The third-order valence-corrected chi connectivity index (χ3v) is 3.77. The highest BCUT2D eigenvalue weighted by atomic mass is 35.5. The molecule has 0 aliphatic carbocycles. The monoisotopic (exact) mass is 352 g/mol. The van der Waals surface area contributed by atoms with E-state index in [0.717, 1.165) is 0 Å². The molecular weight excluding hydrogens is 342 g/mol. The van der Waals surface area contributed by atoms with Crippen molar-refractivity contribution in [1.29, 1.82) is 0 Å². The molecule has 1 aromatic carbocycles. The van der Waals surface area contributed by atoms with Gasteiger partial charge in [0.05, 0.1) is 5.41 Å². The average molecular weight is 353 g/mol. The molecule has 2 aromatic heterocycles. The van der Waals surface area contributed by atoms with Gasteiger partial charge in [-0.2, -0.15) is 4.98 Å². The first kappa shape index (κ1) is 15.8. The Morgan fingerprint density at radius 1 is 1.04 bits per heavy atom. The van der Waals surface area contributed by atoms with Crippen molar-refractivity contribution < 1.29 is 8.91 Å². The molecular formula is C15H11Cl2FN4O. The van der Waals surface area contributed by atoms with Crippen molar-refractivity contribution in [2.75, 3.05) is 0 Å². The number of hydrogen-bond donors (Lipinski definition) is 0. The minimum Gasteiger partial charge on any atom is -0.330 e. The van der Waals surface area contributed by atoms with Gasteiger partial charge in [-0.25, -0.2) is 14.4 Å². The zero-order valence-corrected chi connectivity index (χ0v) is 13.7. The van der Waals surface area contributed by atoms with Crippen LogP contribution in [0, 0.1) is 5.82 Å². The quantitative estimate of drug-likeness (QED) is 0.657. The number of nitrogens with zero attached hydrogens (tertiary/aromatic N) is 4. The number of benzene rings is 1. The molecule has 0 unspecified atom stereocenters. The van der Waals surface area contributed by atoms with E-state index >= 15 is 0 Å². The Morgan fingerprint density at radius 3 is 2.35 bits per heavy atom. The van der Waals surface area contributed by atoms with Gasteiger partial charge >= 0.3 is 0 Å². The first-order valence-corrected chi connectivity index (χ1v) is 7.43. The molecule has 3 rings (SSSR count). The minimum atomic E-state index is -0.796. The molecule has 0 aliphatic heterocycles. The molecule has 0 bridgehead atoms. The summed E-state index contributed by atoms with van der Waals surface area (Å²) in [5.74, 6) is 0.141. The molecule has 23 heavy (non-hydrogen) atoms. The van der Waals surface area contributed by atoms with Crippen LogP contribution in [-0.2, 0) is 5.41 Å². The van der Waals surface area contributed by atoms with Crippen LogP contribution in [-0.4, -0.2) is 20.1 Å². The van der Waals surface area contributed by atoms with Crippen molar-refractivity contribution in [3.8, 4) is 11.7 Å². The van der Waals surface area contributed by atoms with Gasteiger partial charge in [0.15, 0.2) is 5.82 Å². The van der Waals surface area contributed by atoms with Gasteiger partial charge in [-0.15, -0.1) is 0 Å². The lowest BCUT2D eigenvalue weighted by molar-refractivity contribution is 0.403. The van der Waals surface area contributed by atoms with Crippen LogP contribution in [0.15, 0.2) is 34.9 Å². The molecule has 5 nitrogen and oxygen atoms in total. The second kappa shape index (κ2) is 5.86. The van der Waals surface area contributed by atoms with E-state index in [1.807, 2.05) is 0 Å². The zero-order valence-electron chi connectivity index (χ0n) is 12.2. The van der Waals surface area contributed by atoms with Crippen molar-refractivity contribution in [3.05, 3.63) is 57.8 Å². The molecule has 0 atom stereocenters. The van der Waals surface area contributed by atoms with Gasteiger partial charge in [0.2, 0.25) is 5.82 Å². The largest absolute Gasteiger partial charge is 0.330 e. The first-order valence-electron chi connectivity index (χ1n) is 6.67. The Bertz CT molecular complexity index is 846. The van der Waals surface area contributed by atoms with E-state index in [1.54, 1.807) is 32.0 Å². The second-order valence-electron chi connectivity index (χ2n) is 5.36. The normalized spacial score (nSPS) is 11.7. The summed E-state index contributed by atoms with van der Waals surface area (Å²) in [6, 6.07) is 7.84.